The number of nitrogens with one attached hydrogen (secondary N) is 1. The fourth-order valence-corrected chi connectivity index (χ4v) is 4.67. The number of halogens is 3. The van der Waals surface area contributed by atoms with E-state index < -0.39 is 33.1 Å². The van der Waals surface area contributed by atoms with E-state index in [-0.39, 0.29) is 35.3 Å². The molecule has 3 aromatic rings. The summed E-state index contributed by atoms with van der Waals surface area (Å²) in [6.07, 6.45) is 2.06. The largest absolute Gasteiger partial charge is 0.481 e. The molecule has 0 bridgehead atoms. The molecular weight excluding hydrogens is 517 g/mol. The van der Waals surface area contributed by atoms with Crippen LogP contribution in [-0.4, -0.2) is 49.2 Å². The summed E-state index contributed by atoms with van der Waals surface area (Å²) in [4.78, 5) is 6.06. The fourth-order valence-electron chi connectivity index (χ4n) is 4.30. The topological polar surface area (TPSA) is 74.8 Å². The lowest BCUT2D eigenvalue weighted by Crippen LogP contribution is -2.49. The first-order valence-corrected chi connectivity index (χ1v) is 13.9. The average Bonchev–Trinajstić information content (AvgIpc) is 2.81. The van der Waals surface area contributed by atoms with Crippen LogP contribution in [0.2, 0.25) is 0 Å². The van der Waals surface area contributed by atoms with Crippen molar-refractivity contribution in [1.29, 1.82) is 0 Å². The van der Waals surface area contributed by atoms with Crippen molar-refractivity contribution in [3.63, 3.8) is 0 Å². The molecule has 1 aromatic heterocycles. The van der Waals surface area contributed by atoms with E-state index in [1.54, 1.807) is 12.1 Å². The van der Waals surface area contributed by atoms with Gasteiger partial charge in [0.15, 0.2) is 11.6 Å². The van der Waals surface area contributed by atoms with Crippen LogP contribution in [0.25, 0.3) is 11.1 Å². The molecule has 0 spiro atoms. The van der Waals surface area contributed by atoms with E-state index >= 15 is 4.39 Å². The van der Waals surface area contributed by atoms with Crippen LogP contribution in [0.15, 0.2) is 42.6 Å². The Bertz CT molecular complexity index is 1480. The van der Waals surface area contributed by atoms with Gasteiger partial charge in [-0.1, -0.05) is 6.07 Å². The highest BCUT2D eigenvalue weighted by Gasteiger charge is 2.35. The van der Waals surface area contributed by atoms with Crippen LogP contribution in [0, 0.1) is 17.5 Å². The van der Waals surface area contributed by atoms with Crippen molar-refractivity contribution < 1.29 is 26.3 Å². The van der Waals surface area contributed by atoms with Crippen LogP contribution in [0.3, 0.4) is 0 Å². The van der Waals surface area contributed by atoms with Crippen LogP contribution in [0.1, 0.15) is 33.3 Å². The minimum absolute atomic E-state index is 0.0566. The molecule has 0 saturated carbocycles. The summed E-state index contributed by atoms with van der Waals surface area (Å²) in [5.74, 6) is -1.50. The number of aromatic nitrogens is 1. The van der Waals surface area contributed by atoms with Gasteiger partial charge in [-0.3, -0.25) is 0 Å². The summed E-state index contributed by atoms with van der Waals surface area (Å²) in [7, 11) is -2.10. The monoisotopic (exact) mass is 548 g/mol. The van der Waals surface area contributed by atoms with Crippen molar-refractivity contribution in [3.05, 3.63) is 65.6 Å². The zero-order chi connectivity index (χ0) is 28.0. The quantitative estimate of drug-likeness (QED) is 0.409. The van der Waals surface area contributed by atoms with E-state index in [2.05, 4.69) is 10.3 Å². The minimum atomic E-state index is -3.47. The van der Waals surface area contributed by atoms with Crippen LogP contribution >= 0.6 is 0 Å². The molecule has 2 aromatic carbocycles. The number of hydrogen-bond donors (Lipinski definition) is 1. The summed E-state index contributed by atoms with van der Waals surface area (Å²) in [5.41, 5.74) is 0.895. The number of hydrogen-bond acceptors (Lipinski definition) is 6. The molecule has 7 nitrogen and oxygen atoms in total. The molecule has 0 atom stereocenters. The number of ether oxygens (including phenoxy) is 1. The van der Waals surface area contributed by atoms with Crippen molar-refractivity contribution in [2.75, 3.05) is 30.1 Å². The predicted molar refractivity (Wildman–Crippen MR) is 143 cm³/mol. The maximum absolute atomic E-state index is 15.2. The second-order valence-electron chi connectivity index (χ2n) is 10.4. The predicted octanol–water partition coefficient (Wildman–Crippen LogP) is 5.69. The molecule has 0 amide bonds. The highest BCUT2D eigenvalue weighted by molar-refractivity contribution is 7.88. The maximum Gasteiger partial charge on any atom is 0.211 e. The van der Waals surface area contributed by atoms with Crippen molar-refractivity contribution in [3.8, 4) is 16.9 Å². The Morgan fingerprint density at radius 1 is 1.11 bits per heavy atom. The van der Waals surface area contributed by atoms with E-state index in [0.29, 0.717) is 23.5 Å². The van der Waals surface area contributed by atoms with Crippen molar-refractivity contribution in [2.45, 2.75) is 45.9 Å². The van der Waals surface area contributed by atoms with Gasteiger partial charge in [-0.25, -0.2) is 30.9 Å². The van der Waals surface area contributed by atoms with E-state index in [1.807, 2.05) is 32.6 Å². The Morgan fingerprint density at radius 2 is 1.82 bits per heavy atom. The standard InChI is InChI=1S/C27H31F3N4O3S/c1-16(2)34-15-27(3,4)37-26-22(29)9-18(10-24(26)34)20-12-25(31-13-23(20)30)32-19-8-7-17(21(28)11-19)14-33(5)38(6,35)36/h7-13,16H,14-15H2,1-6H3,(H,31,32). The molecule has 1 N–H and O–H groups in total. The Hall–Kier alpha value is -3.31. The third-order valence-corrected chi connectivity index (χ3v) is 7.60. The number of anilines is 3. The molecule has 0 unspecified atom stereocenters. The summed E-state index contributed by atoms with van der Waals surface area (Å²) in [6.45, 7) is 8.18. The Kier molecular flexibility index (Phi) is 7.37. The van der Waals surface area contributed by atoms with Gasteiger partial charge in [0.1, 0.15) is 23.1 Å². The molecule has 38 heavy (non-hydrogen) atoms. The van der Waals surface area contributed by atoms with Gasteiger partial charge in [-0.05, 0) is 63.6 Å². The number of sulfonamides is 1. The highest BCUT2D eigenvalue weighted by Crippen LogP contribution is 2.43. The average molecular weight is 549 g/mol. The molecule has 0 radical (unpaired) electrons. The number of pyridine rings is 1. The summed E-state index contributed by atoms with van der Waals surface area (Å²) < 4.78 is 75.0. The van der Waals surface area contributed by atoms with Crippen molar-refractivity contribution in [1.82, 2.24) is 9.29 Å². The first kappa shape index (κ1) is 27.7. The molecule has 1 aliphatic heterocycles. The first-order valence-electron chi connectivity index (χ1n) is 12.1. The smallest absolute Gasteiger partial charge is 0.211 e. The molecular formula is C27H31F3N4O3S. The molecule has 11 heteroatoms. The van der Waals surface area contributed by atoms with E-state index in [1.165, 1.54) is 31.3 Å². The summed E-state index contributed by atoms with van der Waals surface area (Å²) in [5, 5.41) is 2.93. The number of fused-ring (bicyclic) bond motifs is 1. The SMILES string of the molecule is CC(C)N1CC(C)(C)Oc2c(F)cc(-c3cc(Nc4ccc(CN(C)S(C)(=O)=O)c(F)c4)ncc3F)cc21. The molecule has 2 heterocycles. The Balaban J connectivity index is 1.65. The second-order valence-corrected chi connectivity index (χ2v) is 12.5. The van der Waals surface area contributed by atoms with Gasteiger partial charge >= 0.3 is 0 Å². The molecule has 204 valence electrons. The number of rotatable bonds is 7. The van der Waals surface area contributed by atoms with Crippen LogP contribution in [0.5, 0.6) is 5.75 Å². The molecule has 0 saturated heterocycles. The lowest BCUT2D eigenvalue weighted by Gasteiger charge is -2.43. The van der Waals surface area contributed by atoms with Gasteiger partial charge in [-0.15, -0.1) is 0 Å². The van der Waals surface area contributed by atoms with Crippen LogP contribution in [-0.2, 0) is 16.6 Å². The molecule has 4 rings (SSSR count). The van der Waals surface area contributed by atoms with Crippen molar-refractivity contribution in [2.24, 2.45) is 0 Å². The number of nitrogens with zero attached hydrogens (tertiary/aromatic N) is 3. The third kappa shape index (κ3) is 5.88. The molecule has 1 aliphatic rings. The van der Waals surface area contributed by atoms with E-state index in [4.69, 9.17) is 4.74 Å². The fraction of sp³-hybridized carbons (Fsp3) is 0.370. The lowest BCUT2D eigenvalue weighted by molar-refractivity contribution is 0.0967. The lowest BCUT2D eigenvalue weighted by atomic mass is 9.99. The zero-order valence-corrected chi connectivity index (χ0v) is 23.0. The molecule has 0 fully saturated rings. The third-order valence-electron chi connectivity index (χ3n) is 6.34. The van der Waals surface area contributed by atoms with Gasteiger partial charge < -0.3 is 15.0 Å². The minimum Gasteiger partial charge on any atom is -0.481 e. The summed E-state index contributed by atoms with van der Waals surface area (Å²) >= 11 is 0. The Morgan fingerprint density at radius 3 is 2.45 bits per heavy atom. The second kappa shape index (κ2) is 10.1. The van der Waals surface area contributed by atoms with Crippen LogP contribution in [0.4, 0.5) is 30.4 Å². The number of benzene rings is 2. The van der Waals surface area contributed by atoms with Gasteiger partial charge in [0.05, 0.1) is 24.7 Å². The van der Waals surface area contributed by atoms with Crippen LogP contribution < -0.4 is 15.0 Å². The zero-order valence-electron chi connectivity index (χ0n) is 22.1. The van der Waals surface area contributed by atoms with Gasteiger partial charge in [0, 0.05) is 36.4 Å². The first-order chi connectivity index (χ1) is 17.6. The van der Waals surface area contributed by atoms with Gasteiger partial charge in [0.25, 0.3) is 0 Å². The van der Waals surface area contributed by atoms with E-state index in [9.17, 15) is 17.2 Å². The molecule has 0 aliphatic carbocycles. The van der Waals surface area contributed by atoms with E-state index in [0.717, 1.165) is 16.8 Å². The normalized spacial score (nSPS) is 15.0. The van der Waals surface area contributed by atoms with Gasteiger partial charge in [0.2, 0.25) is 10.0 Å². The maximum atomic E-state index is 15.2. The Labute approximate surface area is 221 Å². The summed E-state index contributed by atoms with van der Waals surface area (Å²) in [6, 6.07) is 8.64. The highest BCUT2D eigenvalue weighted by atomic mass is 32.2. The van der Waals surface area contributed by atoms with Crippen molar-refractivity contribution >= 4 is 27.2 Å². The van der Waals surface area contributed by atoms with Gasteiger partial charge in [-0.2, -0.15) is 0 Å².